The van der Waals surface area contributed by atoms with Gasteiger partial charge in [-0.3, -0.25) is 0 Å². The summed E-state index contributed by atoms with van der Waals surface area (Å²) in [6.07, 6.45) is 3.09. The van der Waals surface area contributed by atoms with Crippen molar-refractivity contribution in [2.24, 2.45) is 5.73 Å². The van der Waals surface area contributed by atoms with Crippen LogP contribution in [0.2, 0.25) is 0 Å². The number of hydrogen-bond acceptors (Lipinski definition) is 3. The fourth-order valence-electron chi connectivity index (χ4n) is 2.12. The lowest BCUT2D eigenvalue weighted by molar-refractivity contribution is 0.107. The van der Waals surface area contributed by atoms with Crippen LogP contribution < -0.4 is 11.1 Å². The van der Waals surface area contributed by atoms with Crippen LogP contribution in [0.15, 0.2) is 12.1 Å². The first-order valence-electron chi connectivity index (χ1n) is 6.23. The van der Waals surface area contributed by atoms with Gasteiger partial charge >= 0.3 is 0 Å². The van der Waals surface area contributed by atoms with Gasteiger partial charge in [-0.15, -0.1) is 0 Å². The molecule has 104 valence electrons. The Balaban J connectivity index is 1.96. The SMILES string of the molecule is NC(=S)c1ccc(NCCC2CCCO2)c(F)c1F. The Kier molecular flexibility index (Phi) is 4.66. The van der Waals surface area contributed by atoms with Gasteiger partial charge in [-0.2, -0.15) is 0 Å². The second kappa shape index (κ2) is 6.25. The molecular weight excluding hydrogens is 270 g/mol. The first-order valence-corrected chi connectivity index (χ1v) is 6.63. The number of hydrogen-bond donors (Lipinski definition) is 2. The number of halogens is 2. The van der Waals surface area contributed by atoms with Crippen LogP contribution in [0, 0.1) is 11.6 Å². The molecule has 2 rings (SSSR count). The zero-order chi connectivity index (χ0) is 13.8. The summed E-state index contributed by atoms with van der Waals surface area (Å²) in [5, 5.41) is 2.87. The van der Waals surface area contributed by atoms with Crippen molar-refractivity contribution in [1.82, 2.24) is 0 Å². The van der Waals surface area contributed by atoms with Crippen LogP contribution in [-0.2, 0) is 4.74 Å². The first kappa shape index (κ1) is 14.1. The van der Waals surface area contributed by atoms with Crippen LogP contribution in [0.3, 0.4) is 0 Å². The number of nitrogens with two attached hydrogens (primary N) is 1. The highest BCUT2D eigenvalue weighted by molar-refractivity contribution is 7.80. The van der Waals surface area contributed by atoms with Crippen molar-refractivity contribution in [3.8, 4) is 0 Å². The average molecular weight is 286 g/mol. The van der Waals surface area contributed by atoms with Gasteiger partial charge in [0.25, 0.3) is 0 Å². The van der Waals surface area contributed by atoms with E-state index in [2.05, 4.69) is 17.5 Å². The molecule has 1 saturated heterocycles. The second-order valence-electron chi connectivity index (χ2n) is 4.50. The van der Waals surface area contributed by atoms with Crippen LogP contribution >= 0.6 is 12.2 Å². The monoisotopic (exact) mass is 286 g/mol. The molecule has 0 aliphatic carbocycles. The van der Waals surface area contributed by atoms with E-state index < -0.39 is 11.6 Å². The van der Waals surface area contributed by atoms with Gasteiger partial charge in [-0.05, 0) is 31.4 Å². The minimum Gasteiger partial charge on any atom is -0.389 e. The third-order valence-corrected chi connectivity index (χ3v) is 3.37. The quantitative estimate of drug-likeness (QED) is 0.817. The van der Waals surface area contributed by atoms with Crippen molar-refractivity contribution in [3.63, 3.8) is 0 Å². The van der Waals surface area contributed by atoms with Crippen LogP contribution in [-0.4, -0.2) is 24.2 Å². The fourth-order valence-corrected chi connectivity index (χ4v) is 2.27. The maximum atomic E-state index is 13.7. The van der Waals surface area contributed by atoms with E-state index in [0.29, 0.717) is 6.54 Å². The highest BCUT2D eigenvalue weighted by Crippen LogP contribution is 2.21. The zero-order valence-corrected chi connectivity index (χ0v) is 11.2. The van der Waals surface area contributed by atoms with Crippen molar-refractivity contribution in [1.29, 1.82) is 0 Å². The minimum absolute atomic E-state index is 0.0721. The lowest BCUT2D eigenvalue weighted by Gasteiger charge is -2.12. The van der Waals surface area contributed by atoms with Gasteiger partial charge in [0.1, 0.15) is 4.99 Å². The zero-order valence-electron chi connectivity index (χ0n) is 10.4. The van der Waals surface area contributed by atoms with Gasteiger partial charge in [-0.25, -0.2) is 8.78 Å². The van der Waals surface area contributed by atoms with Gasteiger partial charge in [0, 0.05) is 18.7 Å². The molecule has 1 aromatic rings. The Bertz CT molecular complexity index is 476. The topological polar surface area (TPSA) is 47.3 Å². The van der Waals surface area contributed by atoms with Gasteiger partial charge in [0.15, 0.2) is 11.6 Å². The Labute approximate surface area is 116 Å². The van der Waals surface area contributed by atoms with Crippen LogP contribution in [0.5, 0.6) is 0 Å². The van der Waals surface area contributed by atoms with Crippen molar-refractivity contribution in [2.45, 2.75) is 25.4 Å². The van der Waals surface area contributed by atoms with E-state index in [1.807, 2.05) is 0 Å². The summed E-state index contributed by atoms with van der Waals surface area (Å²) in [7, 11) is 0. The molecule has 1 atom stereocenters. The molecule has 0 bridgehead atoms. The molecule has 1 aromatic carbocycles. The summed E-state index contributed by atoms with van der Waals surface area (Å²) in [6.45, 7) is 1.32. The minimum atomic E-state index is -1.00. The Morgan fingerprint density at radius 3 is 2.84 bits per heavy atom. The molecule has 3 nitrogen and oxygen atoms in total. The molecule has 1 aliphatic heterocycles. The molecule has 0 saturated carbocycles. The highest BCUT2D eigenvalue weighted by Gasteiger charge is 2.17. The molecule has 1 fully saturated rings. The lowest BCUT2D eigenvalue weighted by atomic mass is 10.1. The van der Waals surface area contributed by atoms with Gasteiger partial charge in [-0.1, -0.05) is 12.2 Å². The van der Waals surface area contributed by atoms with Crippen molar-refractivity contribution in [3.05, 3.63) is 29.3 Å². The number of nitrogens with one attached hydrogen (secondary N) is 1. The maximum absolute atomic E-state index is 13.7. The summed E-state index contributed by atoms with van der Waals surface area (Å²) in [5.41, 5.74) is 5.35. The lowest BCUT2D eigenvalue weighted by Crippen LogP contribution is -2.16. The van der Waals surface area contributed by atoms with Crippen LogP contribution in [0.1, 0.15) is 24.8 Å². The van der Waals surface area contributed by atoms with E-state index in [-0.39, 0.29) is 22.3 Å². The van der Waals surface area contributed by atoms with Crippen molar-refractivity contribution < 1.29 is 13.5 Å². The largest absolute Gasteiger partial charge is 0.389 e. The molecule has 1 aliphatic rings. The maximum Gasteiger partial charge on any atom is 0.182 e. The average Bonchev–Trinajstić information content (AvgIpc) is 2.87. The van der Waals surface area contributed by atoms with E-state index in [9.17, 15) is 8.78 Å². The third kappa shape index (κ3) is 3.39. The normalized spacial score (nSPS) is 18.5. The first-order chi connectivity index (χ1) is 9.09. The number of ether oxygens (including phenoxy) is 1. The molecular formula is C13H16F2N2OS. The molecule has 0 spiro atoms. The standard InChI is InChI=1S/C13H16F2N2OS/c14-11-9(13(16)19)3-4-10(12(11)15)17-6-5-8-2-1-7-18-8/h3-4,8,17H,1-2,5-7H2,(H2,16,19). The van der Waals surface area contributed by atoms with Gasteiger partial charge in [0.2, 0.25) is 0 Å². The molecule has 3 N–H and O–H groups in total. The fraction of sp³-hybridized carbons (Fsp3) is 0.462. The molecule has 0 radical (unpaired) electrons. The molecule has 19 heavy (non-hydrogen) atoms. The molecule has 6 heteroatoms. The number of benzene rings is 1. The molecule has 0 amide bonds. The highest BCUT2D eigenvalue weighted by atomic mass is 32.1. The summed E-state index contributed by atoms with van der Waals surface area (Å²) in [5.74, 6) is -1.95. The number of anilines is 1. The number of rotatable bonds is 5. The predicted molar refractivity (Wildman–Crippen MR) is 74.3 cm³/mol. The van der Waals surface area contributed by atoms with E-state index in [1.54, 1.807) is 0 Å². The smallest absolute Gasteiger partial charge is 0.182 e. The summed E-state index contributed by atoms with van der Waals surface area (Å²) >= 11 is 4.65. The molecule has 1 heterocycles. The van der Waals surface area contributed by atoms with Gasteiger partial charge < -0.3 is 15.8 Å². The number of thiocarbonyl (C=S) groups is 1. The third-order valence-electron chi connectivity index (χ3n) is 3.15. The predicted octanol–water partition coefficient (Wildman–Crippen LogP) is 2.58. The molecule has 1 unspecified atom stereocenters. The summed E-state index contributed by atoms with van der Waals surface area (Å²) in [4.78, 5) is -0.151. The van der Waals surface area contributed by atoms with E-state index in [1.165, 1.54) is 12.1 Å². The Hall–Kier alpha value is -1.27. The van der Waals surface area contributed by atoms with E-state index in [0.717, 1.165) is 25.9 Å². The second-order valence-corrected chi connectivity index (χ2v) is 4.94. The van der Waals surface area contributed by atoms with Crippen LogP contribution in [0.25, 0.3) is 0 Å². The summed E-state index contributed by atoms with van der Waals surface area (Å²) < 4.78 is 32.8. The summed E-state index contributed by atoms with van der Waals surface area (Å²) in [6, 6.07) is 2.83. The van der Waals surface area contributed by atoms with Crippen molar-refractivity contribution in [2.75, 3.05) is 18.5 Å². The van der Waals surface area contributed by atoms with E-state index in [4.69, 9.17) is 10.5 Å². The Morgan fingerprint density at radius 2 is 2.21 bits per heavy atom. The molecule has 0 aromatic heterocycles. The van der Waals surface area contributed by atoms with E-state index >= 15 is 0 Å². The van der Waals surface area contributed by atoms with Gasteiger partial charge in [0.05, 0.1) is 11.8 Å². The Morgan fingerprint density at radius 1 is 1.42 bits per heavy atom. The van der Waals surface area contributed by atoms with Crippen LogP contribution in [0.4, 0.5) is 14.5 Å². The van der Waals surface area contributed by atoms with Crippen molar-refractivity contribution >= 4 is 22.9 Å².